The van der Waals surface area contributed by atoms with Crippen molar-refractivity contribution in [3.8, 4) is 5.75 Å². The van der Waals surface area contributed by atoms with Gasteiger partial charge in [-0.2, -0.15) is 4.31 Å². The molecule has 0 bridgehead atoms. The van der Waals surface area contributed by atoms with Crippen molar-refractivity contribution >= 4 is 21.6 Å². The maximum absolute atomic E-state index is 12.8. The minimum absolute atomic E-state index is 0.0704. The lowest BCUT2D eigenvalue weighted by molar-refractivity contribution is 0.0730. The van der Waals surface area contributed by atoms with Crippen LogP contribution >= 0.6 is 0 Å². The number of hydrogen-bond donors (Lipinski definition) is 2. The van der Waals surface area contributed by atoms with Gasteiger partial charge in [0.05, 0.1) is 30.9 Å². The van der Waals surface area contributed by atoms with E-state index in [1.807, 2.05) is 0 Å². The van der Waals surface area contributed by atoms with Gasteiger partial charge < -0.3 is 9.47 Å². The second-order valence-corrected chi connectivity index (χ2v) is 8.27. The molecule has 1 saturated heterocycles. The standard InChI is InChI=1S/C20H23N3O5S/c1-15(16-6-8-18(27-2)9-7-16)21-22-20(24)17-4-3-5-19(14-17)29(25,26)23-10-12-28-13-11-23/h3-9,14,21H,1,10-13H2,2H3,(H,22,24). The smallest absolute Gasteiger partial charge is 0.269 e. The van der Waals surface area contributed by atoms with Gasteiger partial charge in [-0.25, -0.2) is 8.42 Å². The van der Waals surface area contributed by atoms with E-state index in [1.165, 1.54) is 16.4 Å². The van der Waals surface area contributed by atoms with E-state index in [2.05, 4.69) is 17.4 Å². The fourth-order valence-corrected chi connectivity index (χ4v) is 4.26. The van der Waals surface area contributed by atoms with Crippen molar-refractivity contribution in [3.05, 3.63) is 66.2 Å². The van der Waals surface area contributed by atoms with Gasteiger partial charge in [0.1, 0.15) is 5.75 Å². The minimum atomic E-state index is -3.68. The number of nitrogens with one attached hydrogen (secondary N) is 2. The molecular formula is C20H23N3O5S. The van der Waals surface area contributed by atoms with Crippen LogP contribution in [0.1, 0.15) is 15.9 Å². The van der Waals surface area contributed by atoms with Gasteiger partial charge in [-0.1, -0.05) is 12.6 Å². The first-order valence-corrected chi connectivity index (χ1v) is 10.4. The van der Waals surface area contributed by atoms with E-state index in [-0.39, 0.29) is 10.5 Å². The van der Waals surface area contributed by atoms with E-state index < -0.39 is 15.9 Å². The van der Waals surface area contributed by atoms with E-state index in [0.717, 1.165) is 5.56 Å². The monoisotopic (exact) mass is 417 g/mol. The Morgan fingerprint density at radius 3 is 2.41 bits per heavy atom. The molecule has 1 aliphatic heterocycles. The molecule has 29 heavy (non-hydrogen) atoms. The Bertz CT molecular complexity index is 983. The van der Waals surface area contributed by atoms with E-state index in [1.54, 1.807) is 43.5 Å². The summed E-state index contributed by atoms with van der Waals surface area (Å²) in [6.07, 6.45) is 0. The van der Waals surface area contributed by atoms with Crippen molar-refractivity contribution in [2.45, 2.75) is 4.90 Å². The van der Waals surface area contributed by atoms with Gasteiger partial charge in [-0.05, 0) is 48.0 Å². The van der Waals surface area contributed by atoms with Gasteiger partial charge >= 0.3 is 0 Å². The van der Waals surface area contributed by atoms with Gasteiger partial charge in [-0.15, -0.1) is 0 Å². The molecule has 1 amide bonds. The summed E-state index contributed by atoms with van der Waals surface area (Å²) in [7, 11) is -2.10. The number of ether oxygens (including phenoxy) is 2. The molecule has 3 rings (SSSR count). The highest BCUT2D eigenvalue weighted by Gasteiger charge is 2.26. The molecule has 8 nitrogen and oxygen atoms in total. The lowest BCUT2D eigenvalue weighted by atomic mass is 10.2. The average Bonchev–Trinajstić information content (AvgIpc) is 2.78. The highest BCUT2D eigenvalue weighted by Crippen LogP contribution is 2.19. The lowest BCUT2D eigenvalue weighted by Crippen LogP contribution is -2.40. The Morgan fingerprint density at radius 1 is 1.07 bits per heavy atom. The van der Waals surface area contributed by atoms with Crippen molar-refractivity contribution in [1.29, 1.82) is 0 Å². The molecule has 0 radical (unpaired) electrons. The zero-order chi connectivity index (χ0) is 20.9. The molecule has 0 aromatic heterocycles. The zero-order valence-corrected chi connectivity index (χ0v) is 16.9. The number of benzene rings is 2. The molecule has 9 heteroatoms. The molecule has 0 atom stereocenters. The molecule has 0 spiro atoms. The molecule has 0 aliphatic carbocycles. The van der Waals surface area contributed by atoms with Crippen LogP contribution in [0.4, 0.5) is 0 Å². The fourth-order valence-electron chi connectivity index (χ4n) is 2.80. The number of rotatable bonds is 7. The average molecular weight is 417 g/mol. The van der Waals surface area contributed by atoms with Crippen LogP contribution < -0.4 is 15.6 Å². The summed E-state index contributed by atoms with van der Waals surface area (Å²) in [6.45, 7) is 5.19. The number of hydrazine groups is 1. The van der Waals surface area contributed by atoms with Crippen LogP contribution in [0.15, 0.2) is 60.0 Å². The molecule has 1 heterocycles. The number of amides is 1. The Balaban J connectivity index is 1.66. The van der Waals surface area contributed by atoms with Crippen LogP contribution in [0.25, 0.3) is 5.70 Å². The second kappa shape index (κ2) is 9.08. The third-order valence-corrected chi connectivity index (χ3v) is 6.36. The maximum atomic E-state index is 12.8. The second-order valence-electron chi connectivity index (χ2n) is 6.33. The summed E-state index contributed by atoms with van der Waals surface area (Å²) in [5.74, 6) is 0.238. The first-order valence-electron chi connectivity index (χ1n) is 8.99. The number of hydrogen-bond acceptors (Lipinski definition) is 6. The number of methoxy groups -OCH3 is 1. The lowest BCUT2D eigenvalue weighted by Gasteiger charge is -2.26. The molecule has 1 fully saturated rings. The van der Waals surface area contributed by atoms with Crippen LogP contribution in [0.2, 0.25) is 0 Å². The molecule has 0 saturated carbocycles. The quantitative estimate of drug-likeness (QED) is 0.665. The summed E-state index contributed by atoms with van der Waals surface area (Å²) >= 11 is 0. The highest BCUT2D eigenvalue weighted by atomic mass is 32.2. The summed E-state index contributed by atoms with van der Waals surface area (Å²) in [6, 6.07) is 13.1. The topological polar surface area (TPSA) is 97.0 Å². The van der Waals surface area contributed by atoms with E-state index in [0.29, 0.717) is 37.7 Å². The van der Waals surface area contributed by atoms with E-state index in [9.17, 15) is 13.2 Å². The van der Waals surface area contributed by atoms with Gasteiger partial charge in [-0.3, -0.25) is 15.6 Å². The van der Waals surface area contributed by atoms with Gasteiger partial charge in [0.2, 0.25) is 10.0 Å². The van der Waals surface area contributed by atoms with Crippen molar-refractivity contribution < 1.29 is 22.7 Å². The zero-order valence-electron chi connectivity index (χ0n) is 16.1. The molecule has 2 N–H and O–H groups in total. The fraction of sp³-hybridized carbons (Fsp3) is 0.250. The van der Waals surface area contributed by atoms with Crippen molar-refractivity contribution in [2.75, 3.05) is 33.4 Å². The van der Waals surface area contributed by atoms with Crippen LogP contribution in [0.5, 0.6) is 5.75 Å². The Hall–Kier alpha value is -2.88. The van der Waals surface area contributed by atoms with Crippen LogP contribution in [-0.4, -0.2) is 52.0 Å². The number of carbonyl (C=O) groups excluding carboxylic acids is 1. The van der Waals surface area contributed by atoms with Crippen LogP contribution in [-0.2, 0) is 14.8 Å². The summed E-state index contributed by atoms with van der Waals surface area (Å²) in [5.41, 5.74) is 6.76. The molecule has 2 aromatic rings. The SMILES string of the molecule is C=C(NNC(=O)c1cccc(S(=O)(=O)N2CCOCC2)c1)c1ccc(OC)cc1. The number of sulfonamides is 1. The number of morpholine rings is 1. The molecular weight excluding hydrogens is 394 g/mol. The normalized spacial score (nSPS) is 14.8. The van der Waals surface area contributed by atoms with Crippen LogP contribution in [0.3, 0.4) is 0 Å². The summed E-state index contributed by atoms with van der Waals surface area (Å²) < 4.78 is 37.2. The van der Waals surface area contributed by atoms with Crippen molar-refractivity contribution in [1.82, 2.24) is 15.2 Å². The molecule has 0 unspecified atom stereocenters. The number of nitrogens with zero attached hydrogens (tertiary/aromatic N) is 1. The summed E-state index contributed by atoms with van der Waals surface area (Å²) in [4.78, 5) is 12.5. The minimum Gasteiger partial charge on any atom is -0.497 e. The Kier molecular flexibility index (Phi) is 6.53. The summed E-state index contributed by atoms with van der Waals surface area (Å²) in [5, 5.41) is 0. The van der Waals surface area contributed by atoms with Crippen molar-refractivity contribution in [3.63, 3.8) is 0 Å². The Morgan fingerprint density at radius 2 is 1.76 bits per heavy atom. The largest absolute Gasteiger partial charge is 0.497 e. The third kappa shape index (κ3) is 4.94. The van der Waals surface area contributed by atoms with Gasteiger partial charge in [0, 0.05) is 18.7 Å². The maximum Gasteiger partial charge on any atom is 0.269 e. The molecule has 2 aromatic carbocycles. The first-order chi connectivity index (χ1) is 13.9. The molecule has 1 aliphatic rings. The van der Waals surface area contributed by atoms with Crippen LogP contribution in [0, 0.1) is 0 Å². The van der Waals surface area contributed by atoms with Crippen molar-refractivity contribution in [2.24, 2.45) is 0 Å². The number of carbonyl (C=O) groups is 1. The Labute approximate surface area is 170 Å². The van der Waals surface area contributed by atoms with Gasteiger partial charge in [0.15, 0.2) is 0 Å². The predicted molar refractivity (Wildman–Crippen MR) is 109 cm³/mol. The van der Waals surface area contributed by atoms with Gasteiger partial charge in [0.25, 0.3) is 5.91 Å². The van der Waals surface area contributed by atoms with E-state index in [4.69, 9.17) is 9.47 Å². The third-order valence-electron chi connectivity index (χ3n) is 4.47. The van der Waals surface area contributed by atoms with E-state index >= 15 is 0 Å². The first kappa shape index (κ1) is 20.8. The highest BCUT2D eigenvalue weighted by molar-refractivity contribution is 7.89. The predicted octanol–water partition coefficient (Wildman–Crippen LogP) is 1.62. The molecule has 154 valence electrons.